The lowest BCUT2D eigenvalue weighted by atomic mass is 10.2. The van der Waals surface area contributed by atoms with Crippen molar-refractivity contribution < 1.29 is 9.18 Å². The Balaban J connectivity index is 1.33. The van der Waals surface area contributed by atoms with Gasteiger partial charge in [-0.1, -0.05) is 0 Å². The number of tetrazole rings is 1. The molecule has 10 heteroatoms. The molecule has 3 aromatic rings. The van der Waals surface area contributed by atoms with E-state index in [0.717, 1.165) is 31.0 Å². The fourth-order valence-electron chi connectivity index (χ4n) is 2.74. The van der Waals surface area contributed by atoms with Gasteiger partial charge in [-0.2, -0.15) is 9.90 Å². The molecular weight excluding hydrogens is 339 g/mol. The summed E-state index contributed by atoms with van der Waals surface area (Å²) < 4.78 is 14.9. The Labute approximate surface area is 148 Å². The molecule has 1 aromatic carbocycles. The van der Waals surface area contributed by atoms with Gasteiger partial charge in [-0.05, 0) is 35.5 Å². The highest BCUT2D eigenvalue weighted by molar-refractivity contribution is 5.75. The van der Waals surface area contributed by atoms with E-state index in [1.807, 2.05) is 10.7 Å². The number of nitrogens with one attached hydrogen (secondary N) is 2. The van der Waals surface area contributed by atoms with Crippen LogP contribution in [0.5, 0.6) is 0 Å². The molecule has 0 saturated carbocycles. The lowest BCUT2D eigenvalue weighted by Gasteiger charge is -2.13. The molecule has 2 N–H and O–H groups in total. The van der Waals surface area contributed by atoms with Crippen molar-refractivity contribution in [3.05, 3.63) is 47.5 Å². The van der Waals surface area contributed by atoms with Crippen molar-refractivity contribution in [3.63, 3.8) is 0 Å². The summed E-state index contributed by atoms with van der Waals surface area (Å²) in [5, 5.41) is 22.4. The highest BCUT2D eigenvalue weighted by atomic mass is 19.1. The van der Waals surface area contributed by atoms with Crippen molar-refractivity contribution in [2.75, 3.05) is 6.54 Å². The molecular formula is C16H17FN8O. The van der Waals surface area contributed by atoms with Crippen LogP contribution in [0.15, 0.2) is 30.3 Å². The van der Waals surface area contributed by atoms with Crippen molar-refractivity contribution in [1.82, 2.24) is 40.6 Å². The van der Waals surface area contributed by atoms with Crippen LogP contribution in [0.25, 0.3) is 11.4 Å². The molecule has 1 amide bonds. The minimum atomic E-state index is -0.336. The molecule has 0 aliphatic carbocycles. The minimum Gasteiger partial charge on any atom is -0.349 e. The van der Waals surface area contributed by atoms with Gasteiger partial charge in [0.05, 0.1) is 24.5 Å². The quantitative estimate of drug-likeness (QED) is 0.672. The number of hydrogen-bond donors (Lipinski definition) is 2. The van der Waals surface area contributed by atoms with Crippen LogP contribution in [0.3, 0.4) is 0 Å². The molecule has 134 valence electrons. The van der Waals surface area contributed by atoms with Gasteiger partial charge in [-0.15, -0.1) is 10.2 Å². The Kier molecular flexibility index (Phi) is 4.40. The Hall–Kier alpha value is -3.14. The van der Waals surface area contributed by atoms with Crippen LogP contribution in [0, 0.1) is 5.82 Å². The number of nitrogens with zero attached hydrogens (tertiary/aromatic N) is 6. The van der Waals surface area contributed by atoms with Gasteiger partial charge in [0, 0.05) is 18.7 Å². The highest BCUT2D eigenvalue weighted by Gasteiger charge is 2.13. The van der Waals surface area contributed by atoms with Crippen LogP contribution in [0.4, 0.5) is 4.39 Å². The number of benzene rings is 1. The molecule has 0 fully saturated rings. The molecule has 0 unspecified atom stereocenters. The van der Waals surface area contributed by atoms with Gasteiger partial charge >= 0.3 is 0 Å². The molecule has 0 bridgehead atoms. The first-order valence-corrected chi connectivity index (χ1v) is 8.24. The Morgan fingerprint density at radius 2 is 2.12 bits per heavy atom. The number of aromatic nitrogens is 6. The number of halogens is 1. The lowest BCUT2D eigenvalue weighted by Crippen LogP contribution is -2.29. The van der Waals surface area contributed by atoms with Gasteiger partial charge < -0.3 is 10.6 Å². The Morgan fingerprint density at radius 3 is 2.92 bits per heavy atom. The van der Waals surface area contributed by atoms with Crippen molar-refractivity contribution in [2.45, 2.75) is 26.2 Å². The van der Waals surface area contributed by atoms with E-state index in [0.29, 0.717) is 17.9 Å². The normalized spacial score (nSPS) is 13.4. The van der Waals surface area contributed by atoms with E-state index in [1.165, 1.54) is 16.9 Å². The second kappa shape index (κ2) is 7.00. The van der Waals surface area contributed by atoms with E-state index in [-0.39, 0.29) is 18.3 Å². The van der Waals surface area contributed by atoms with Gasteiger partial charge in [-0.3, -0.25) is 9.48 Å². The molecule has 4 rings (SSSR count). The number of rotatable bonds is 5. The smallest absolute Gasteiger partial charge is 0.244 e. The second-order valence-electron chi connectivity index (χ2n) is 5.95. The Bertz CT molecular complexity index is 893. The van der Waals surface area contributed by atoms with E-state index in [1.54, 1.807) is 12.1 Å². The first-order valence-electron chi connectivity index (χ1n) is 8.24. The monoisotopic (exact) mass is 356 g/mol. The fraction of sp³-hybridized carbons (Fsp3) is 0.312. The molecule has 0 spiro atoms. The average molecular weight is 356 g/mol. The van der Waals surface area contributed by atoms with Crippen LogP contribution in [0.2, 0.25) is 0 Å². The van der Waals surface area contributed by atoms with Crippen molar-refractivity contribution in [2.24, 2.45) is 0 Å². The topological polar surface area (TPSA) is 103 Å². The molecule has 3 heterocycles. The maximum atomic E-state index is 13.0. The summed E-state index contributed by atoms with van der Waals surface area (Å²) in [5.41, 5.74) is 2.56. The summed E-state index contributed by atoms with van der Waals surface area (Å²) in [4.78, 5) is 13.3. The maximum absolute atomic E-state index is 13.0. The van der Waals surface area contributed by atoms with Crippen molar-refractivity contribution in [1.29, 1.82) is 0 Å². The van der Waals surface area contributed by atoms with Gasteiger partial charge in [0.2, 0.25) is 11.7 Å². The van der Waals surface area contributed by atoms with Crippen LogP contribution in [0.1, 0.15) is 11.4 Å². The van der Waals surface area contributed by atoms with E-state index in [2.05, 4.69) is 31.1 Å². The summed E-state index contributed by atoms with van der Waals surface area (Å²) in [6.45, 7) is 2.81. The van der Waals surface area contributed by atoms with Gasteiger partial charge in [0.15, 0.2) is 0 Å². The minimum absolute atomic E-state index is 0.0523. The zero-order valence-corrected chi connectivity index (χ0v) is 13.9. The van der Waals surface area contributed by atoms with E-state index < -0.39 is 0 Å². The predicted octanol–water partition coefficient (Wildman–Crippen LogP) is 0.0953. The second-order valence-corrected chi connectivity index (χ2v) is 5.95. The van der Waals surface area contributed by atoms with Crippen LogP contribution in [-0.4, -0.2) is 42.4 Å². The van der Waals surface area contributed by atoms with Gasteiger partial charge in [-0.25, -0.2) is 4.39 Å². The average Bonchev–Trinajstić information content (AvgIpc) is 3.27. The molecule has 2 aromatic heterocycles. The summed E-state index contributed by atoms with van der Waals surface area (Å²) in [5.74, 6) is -0.235. The molecule has 1 aliphatic heterocycles. The molecule has 0 radical (unpaired) electrons. The third kappa shape index (κ3) is 3.59. The summed E-state index contributed by atoms with van der Waals surface area (Å²) in [6, 6.07) is 7.75. The molecule has 26 heavy (non-hydrogen) atoms. The van der Waals surface area contributed by atoms with Crippen molar-refractivity contribution >= 4 is 5.91 Å². The maximum Gasteiger partial charge on any atom is 0.244 e. The number of carbonyl (C=O) groups is 1. The third-order valence-corrected chi connectivity index (χ3v) is 4.03. The number of carbonyl (C=O) groups excluding carboxylic acids is 1. The molecule has 0 saturated heterocycles. The molecule has 1 aliphatic rings. The van der Waals surface area contributed by atoms with Crippen molar-refractivity contribution in [3.8, 4) is 11.4 Å². The highest BCUT2D eigenvalue weighted by Crippen LogP contribution is 2.13. The third-order valence-electron chi connectivity index (χ3n) is 4.03. The van der Waals surface area contributed by atoms with Gasteiger partial charge in [0.1, 0.15) is 12.4 Å². The van der Waals surface area contributed by atoms with E-state index in [9.17, 15) is 9.18 Å². The molecule has 0 atom stereocenters. The van der Waals surface area contributed by atoms with Crippen LogP contribution in [-0.2, 0) is 31.0 Å². The number of fused-ring (bicyclic) bond motifs is 1. The summed E-state index contributed by atoms with van der Waals surface area (Å²) >= 11 is 0. The van der Waals surface area contributed by atoms with Crippen LogP contribution >= 0.6 is 0 Å². The zero-order valence-electron chi connectivity index (χ0n) is 13.9. The summed E-state index contributed by atoms with van der Waals surface area (Å²) in [7, 11) is 0. The number of amides is 1. The SMILES string of the molecule is O=C(Cn1nnc(-c2ccc(F)cc2)n1)NCc1cc2n(n1)CCNC2. The largest absolute Gasteiger partial charge is 0.349 e. The first-order chi connectivity index (χ1) is 12.7. The number of hydrogen-bond acceptors (Lipinski definition) is 6. The zero-order chi connectivity index (χ0) is 17.9. The lowest BCUT2D eigenvalue weighted by molar-refractivity contribution is -0.122. The van der Waals surface area contributed by atoms with Crippen LogP contribution < -0.4 is 10.6 Å². The fourth-order valence-corrected chi connectivity index (χ4v) is 2.74. The first kappa shape index (κ1) is 16.3. The standard InChI is InChI=1S/C16H17FN8O/c17-12-3-1-11(2-4-12)16-20-23-25(22-16)10-15(26)19-8-13-7-14-9-18-5-6-24(14)21-13/h1-4,7,18H,5-6,8-10H2,(H,19,26). The summed E-state index contributed by atoms with van der Waals surface area (Å²) in [6.07, 6.45) is 0. The molecule has 9 nitrogen and oxygen atoms in total. The predicted molar refractivity (Wildman–Crippen MR) is 89.0 cm³/mol. The van der Waals surface area contributed by atoms with E-state index in [4.69, 9.17) is 0 Å². The van der Waals surface area contributed by atoms with E-state index >= 15 is 0 Å². The Morgan fingerprint density at radius 1 is 1.27 bits per heavy atom. The van der Waals surface area contributed by atoms with Gasteiger partial charge in [0.25, 0.3) is 0 Å².